The number of benzene rings is 1. The Labute approximate surface area is 131 Å². The summed E-state index contributed by atoms with van der Waals surface area (Å²) in [5.41, 5.74) is 2.60. The van der Waals surface area contributed by atoms with Gasteiger partial charge >= 0.3 is 5.97 Å². The lowest BCUT2D eigenvalue weighted by atomic mass is 10.0. The molecule has 0 aromatic heterocycles. The number of likely N-dealkylation sites (tertiary alicyclic amines) is 1. The van der Waals surface area contributed by atoms with Gasteiger partial charge in [-0.15, -0.1) is 0 Å². The number of hydrogen-bond donors (Lipinski definition) is 2. The van der Waals surface area contributed by atoms with Gasteiger partial charge in [0.25, 0.3) is 0 Å². The minimum atomic E-state index is -0.792. The van der Waals surface area contributed by atoms with E-state index in [2.05, 4.69) is 35.3 Å². The Morgan fingerprint density at radius 2 is 2.36 bits per heavy atom. The lowest BCUT2D eigenvalue weighted by Crippen LogP contribution is -2.47. The normalized spacial score (nSPS) is 24.2. The summed E-state index contributed by atoms with van der Waals surface area (Å²) < 4.78 is 5.54. The number of carbonyl (C=O) groups is 1. The van der Waals surface area contributed by atoms with Gasteiger partial charge in [0.1, 0.15) is 5.75 Å². The predicted octanol–water partition coefficient (Wildman–Crippen LogP) is 1.30. The Kier molecular flexibility index (Phi) is 4.36. The zero-order valence-corrected chi connectivity index (χ0v) is 13.1. The van der Waals surface area contributed by atoms with Crippen LogP contribution in [-0.2, 0) is 17.6 Å². The molecule has 120 valence electrons. The molecule has 2 N–H and O–H groups in total. The van der Waals surface area contributed by atoms with Gasteiger partial charge in [-0.3, -0.25) is 4.79 Å². The van der Waals surface area contributed by atoms with Gasteiger partial charge in [0.15, 0.2) is 0 Å². The molecule has 0 saturated carbocycles. The highest BCUT2D eigenvalue weighted by Crippen LogP contribution is 2.26. The molecule has 0 radical (unpaired) electrons. The van der Waals surface area contributed by atoms with Gasteiger partial charge in [0, 0.05) is 31.6 Å². The number of rotatable bonds is 6. The quantitative estimate of drug-likeness (QED) is 0.829. The summed E-state index contributed by atoms with van der Waals surface area (Å²) in [5.74, 6) is 0.246. The fourth-order valence-corrected chi connectivity index (χ4v) is 3.36. The van der Waals surface area contributed by atoms with Crippen LogP contribution >= 0.6 is 0 Å². The van der Waals surface area contributed by atoms with Crippen LogP contribution in [-0.4, -0.2) is 54.3 Å². The summed E-state index contributed by atoms with van der Waals surface area (Å²) in [6.07, 6.45) is 3.05. The average Bonchev–Trinajstić information content (AvgIpc) is 3.09. The SMILES string of the molecule is C[C@@]1(NCC(=O)O)CCN(CCc2ccc3c(c2)CCO3)C1. The standard InChI is InChI=1S/C17H24N2O3/c1-17(18-11-16(20)21)6-8-19(12-17)7-4-13-2-3-15-14(10-13)5-9-22-15/h2-3,10,18H,4-9,11-12H2,1H3,(H,20,21)/t17-/m1/s1. The van der Waals surface area contributed by atoms with E-state index in [0.717, 1.165) is 51.3 Å². The van der Waals surface area contributed by atoms with E-state index < -0.39 is 5.97 Å². The van der Waals surface area contributed by atoms with Crippen molar-refractivity contribution in [1.29, 1.82) is 0 Å². The second kappa shape index (κ2) is 6.26. The number of ether oxygens (including phenoxy) is 1. The second-order valence-corrected chi connectivity index (χ2v) is 6.62. The van der Waals surface area contributed by atoms with Gasteiger partial charge in [-0.25, -0.2) is 0 Å². The van der Waals surface area contributed by atoms with Crippen molar-refractivity contribution in [3.8, 4) is 5.75 Å². The van der Waals surface area contributed by atoms with Crippen molar-refractivity contribution in [2.24, 2.45) is 0 Å². The third-order valence-corrected chi connectivity index (χ3v) is 4.69. The van der Waals surface area contributed by atoms with Crippen molar-refractivity contribution in [3.63, 3.8) is 0 Å². The number of aliphatic carboxylic acids is 1. The minimum Gasteiger partial charge on any atom is -0.493 e. The Morgan fingerprint density at radius 1 is 1.50 bits per heavy atom. The first-order valence-corrected chi connectivity index (χ1v) is 7.98. The van der Waals surface area contributed by atoms with E-state index in [4.69, 9.17) is 9.84 Å². The van der Waals surface area contributed by atoms with Crippen LogP contribution in [0.25, 0.3) is 0 Å². The second-order valence-electron chi connectivity index (χ2n) is 6.62. The van der Waals surface area contributed by atoms with Gasteiger partial charge in [-0.2, -0.15) is 0 Å². The van der Waals surface area contributed by atoms with Crippen molar-refractivity contribution in [1.82, 2.24) is 10.2 Å². The van der Waals surface area contributed by atoms with Crippen LogP contribution in [0.2, 0.25) is 0 Å². The fraction of sp³-hybridized carbons (Fsp3) is 0.588. The van der Waals surface area contributed by atoms with Gasteiger partial charge < -0.3 is 20.1 Å². The average molecular weight is 304 g/mol. The number of carboxylic acids is 1. The van der Waals surface area contributed by atoms with Crippen molar-refractivity contribution in [3.05, 3.63) is 29.3 Å². The molecule has 0 spiro atoms. The van der Waals surface area contributed by atoms with E-state index in [1.54, 1.807) is 0 Å². The van der Waals surface area contributed by atoms with Crippen molar-refractivity contribution >= 4 is 5.97 Å². The van der Waals surface area contributed by atoms with E-state index >= 15 is 0 Å². The van der Waals surface area contributed by atoms with Crippen LogP contribution in [0, 0.1) is 0 Å². The Bertz CT molecular complexity index is 561. The van der Waals surface area contributed by atoms with Crippen LogP contribution in [0.4, 0.5) is 0 Å². The Morgan fingerprint density at radius 3 is 3.18 bits per heavy atom. The molecule has 5 nitrogen and oxygen atoms in total. The third-order valence-electron chi connectivity index (χ3n) is 4.69. The van der Waals surface area contributed by atoms with Crippen molar-refractivity contribution in [2.75, 3.05) is 32.8 Å². The lowest BCUT2D eigenvalue weighted by Gasteiger charge is -2.25. The number of hydrogen-bond acceptors (Lipinski definition) is 4. The molecular formula is C17H24N2O3. The maximum atomic E-state index is 10.7. The number of nitrogens with zero attached hydrogens (tertiary/aromatic N) is 1. The molecule has 2 aliphatic rings. The van der Waals surface area contributed by atoms with Crippen LogP contribution in [0.3, 0.4) is 0 Å². The first-order valence-electron chi connectivity index (χ1n) is 7.98. The van der Waals surface area contributed by atoms with E-state index in [1.807, 2.05) is 0 Å². The summed E-state index contributed by atoms with van der Waals surface area (Å²) in [4.78, 5) is 13.1. The van der Waals surface area contributed by atoms with Crippen molar-refractivity contribution in [2.45, 2.75) is 31.7 Å². The molecule has 0 bridgehead atoms. The van der Waals surface area contributed by atoms with Gasteiger partial charge in [-0.1, -0.05) is 12.1 Å². The Balaban J connectivity index is 1.49. The monoisotopic (exact) mass is 304 g/mol. The molecule has 2 heterocycles. The third kappa shape index (κ3) is 3.59. The predicted molar refractivity (Wildman–Crippen MR) is 84.4 cm³/mol. The Hall–Kier alpha value is -1.59. The summed E-state index contributed by atoms with van der Waals surface area (Å²) in [6, 6.07) is 6.50. The number of fused-ring (bicyclic) bond motifs is 1. The zero-order valence-electron chi connectivity index (χ0n) is 13.1. The first kappa shape index (κ1) is 15.3. The smallest absolute Gasteiger partial charge is 0.317 e. The van der Waals surface area contributed by atoms with Crippen molar-refractivity contribution < 1.29 is 14.6 Å². The molecule has 22 heavy (non-hydrogen) atoms. The van der Waals surface area contributed by atoms with E-state index in [9.17, 15) is 4.79 Å². The van der Waals surface area contributed by atoms with E-state index in [1.165, 1.54) is 11.1 Å². The van der Waals surface area contributed by atoms with Gasteiger partial charge in [0.2, 0.25) is 0 Å². The van der Waals surface area contributed by atoms with Crippen LogP contribution in [0.15, 0.2) is 18.2 Å². The molecular weight excluding hydrogens is 280 g/mol. The van der Waals surface area contributed by atoms with E-state index in [0.29, 0.717) is 0 Å². The molecule has 1 aromatic carbocycles. The summed E-state index contributed by atoms with van der Waals surface area (Å²) >= 11 is 0. The van der Waals surface area contributed by atoms with Crippen LogP contribution in [0.1, 0.15) is 24.5 Å². The molecule has 1 atom stereocenters. The van der Waals surface area contributed by atoms with Crippen LogP contribution < -0.4 is 10.1 Å². The molecule has 1 saturated heterocycles. The lowest BCUT2D eigenvalue weighted by molar-refractivity contribution is -0.136. The molecule has 1 fully saturated rings. The maximum absolute atomic E-state index is 10.7. The maximum Gasteiger partial charge on any atom is 0.317 e. The highest BCUT2D eigenvalue weighted by molar-refractivity contribution is 5.69. The fourth-order valence-electron chi connectivity index (χ4n) is 3.36. The zero-order chi connectivity index (χ0) is 15.6. The highest BCUT2D eigenvalue weighted by Gasteiger charge is 2.33. The molecule has 3 rings (SSSR count). The topological polar surface area (TPSA) is 61.8 Å². The highest BCUT2D eigenvalue weighted by atomic mass is 16.5. The van der Waals surface area contributed by atoms with Gasteiger partial charge in [-0.05, 0) is 37.0 Å². The minimum absolute atomic E-state index is 0.0369. The van der Waals surface area contributed by atoms with E-state index in [-0.39, 0.29) is 12.1 Å². The summed E-state index contributed by atoms with van der Waals surface area (Å²) in [5, 5.41) is 12.0. The van der Waals surface area contributed by atoms with Crippen LogP contribution in [0.5, 0.6) is 5.75 Å². The summed E-state index contributed by atoms with van der Waals surface area (Å²) in [7, 11) is 0. The largest absolute Gasteiger partial charge is 0.493 e. The molecule has 0 unspecified atom stereocenters. The summed E-state index contributed by atoms with van der Waals surface area (Å²) in [6.45, 7) is 5.91. The molecule has 1 aromatic rings. The first-order chi connectivity index (χ1) is 10.5. The number of nitrogens with one attached hydrogen (secondary N) is 1. The molecule has 0 amide bonds. The molecule has 5 heteroatoms. The van der Waals surface area contributed by atoms with Gasteiger partial charge in [0.05, 0.1) is 13.2 Å². The molecule has 0 aliphatic carbocycles. The number of carboxylic acid groups (broad SMARTS) is 1. The molecule has 2 aliphatic heterocycles.